The maximum absolute atomic E-state index is 13.0. The van der Waals surface area contributed by atoms with Gasteiger partial charge in [0.2, 0.25) is 0 Å². The van der Waals surface area contributed by atoms with Crippen LogP contribution in [-0.2, 0) is 13.0 Å². The van der Waals surface area contributed by atoms with Gasteiger partial charge in [-0.2, -0.15) is 0 Å². The van der Waals surface area contributed by atoms with Crippen LogP contribution in [0.3, 0.4) is 0 Å². The summed E-state index contributed by atoms with van der Waals surface area (Å²) in [6.45, 7) is 4.06. The molecule has 36 heavy (non-hydrogen) atoms. The monoisotopic (exact) mass is 509 g/mol. The van der Waals surface area contributed by atoms with Crippen LogP contribution in [0.2, 0.25) is 0 Å². The molecule has 196 valence electrons. The molecule has 2 aromatic carbocycles. The number of halogens is 5. The van der Waals surface area contributed by atoms with E-state index in [0.717, 1.165) is 35.8 Å². The van der Waals surface area contributed by atoms with Crippen LogP contribution in [0.15, 0.2) is 42.5 Å². The summed E-state index contributed by atoms with van der Waals surface area (Å²) in [7, 11) is 0. The number of hydrogen-bond acceptors (Lipinski definition) is 3. The van der Waals surface area contributed by atoms with Gasteiger partial charge in [0.25, 0.3) is 6.43 Å². The van der Waals surface area contributed by atoms with E-state index < -0.39 is 24.2 Å². The second-order valence-electron chi connectivity index (χ2n) is 9.71. The van der Waals surface area contributed by atoms with Crippen molar-refractivity contribution < 1.29 is 27.1 Å². The third-order valence-corrected chi connectivity index (χ3v) is 7.02. The molecule has 1 unspecified atom stereocenters. The van der Waals surface area contributed by atoms with Crippen molar-refractivity contribution in [1.82, 2.24) is 14.8 Å². The highest BCUT2D eigenvalue weighted by Gasteiger charge is 2.33. The normalized spacial score (nSPS) is 19.6. The quantitative estimate of drug-likeness (QED) is 0.415. The molecule has 2 N–H and O–H groups in total. The molecule has 3 heterocycles. The molecule has 2 aliphatic heterocycles. The van der Waals surface area contributed by atoms with E-state index in [9.17, 15) is 27.1 Å². The SMILES string of the molecule is C[C@@H]1Cc2c([nH]c3ccccc23)CN1CC(F)F.OC(c1cc(F)cc(F)c1)C1CN(CCCF)C1. The zero-order valence-corrected chi connectivity index (χ0v) is 20.2. The summed E-state index contributed by atoms with van der Waals surface area (Å²) >= 11 is 0. The fraction of sp³-hybridized carbons (Fsp3) is 0.481. The number of benzene rings is 2. The van der Waals surface area contributed by atoms with Gasteiger partial charge in [-0.1, -0.05) is 18.2 Å². The van der Waals surface area contributed by atoms with Crippen LogP contribution in [0, 0.1) is 17.6 Å². The molecular weight excluding hydrogens is 477 g/mol. The number of aliphatic hydroxyl groups excluding tert-OH is 1. The summed E-state index contributed by atoms with van der Waals surface area (Å²) < 4.78 is 63.0. The number of aromatic nitrogens is 1. The summed E-state index contributed by atoms with van der Waals surface area (Å²) in [5, 5.41) is 11.2. The van der Waals surface area contributed by atoms with Crippen LogP contribution in [-0.4, -0.2) is 65.2 Å². The first-order chi connectivity index (χ1) is 17.2. The Morgan fingerprint density at radius 1 is 1.08 bits per heavy atom. The van der Waals surface area contributed by atoms with Gasteiger partial charge in [0.05, 0.1) is 19.3 Å². The molecule has 1 fully saturated rings. The highest BCUT2D eigenvalue weighted by atomic mass is 19.3. The van der Waals surface area contributed by atoms with Gasteiger partial charge in [-0.15, -0.1) is 0 Å². The number of nitrogens with one attached hydrogen (secondary N) is 1. The van der Waals surface area contributed by atoms with Crippen molar-refractivity contribution >= 4 is 10.9 Å². The average molecular weight is 510 g/mol. The Labute approximate surface area is 207 Å². The van der Waals surface area contributed by atoms with E-state index in [4.69, 9.17) is 0 Å². The second kappa shape index (κ2) is 11.7. The van der Waals surface area contributed by atoms with E-state index in [-0.39, 0.29) is 30.7 Å². The third kappa shape index (κ3) is 6.25. The zero-order valence-electron chi connectivity index (χ0n) is 20.2. The first-order valence-corrected chi connectivity index (χ1v) is 12.3. The van der Waals surface area contributed by atoms with E-state index in [2.05, 4.69) is 11.1 Å². The molecule has 0 radical (unpaired) electrons. The molecule has 0 saturated carbocycles. The number of para-hydroxylation sites is 1. The van der Waals surface area contributed by atoms with Crippen molar-refractivity contribution in [2.45, 2.75) is 44.9 Å². The fourth-order valence-electron chi connectivity index (χ4n) is 5.12. The van der Waals surface area contributed by atoms with Gasteiger partial charge in [0.15, 0.2) is 0 Å². The van der Waals surface area contributed by atoms with Crippen molar-refractivity contribution in [2.24, 2.45) is 5.92 Å². The molecule has 9 heteroatoms. The predicted octanol–water partition coefficient (Wildman–Crippen LogP) is 5.47. The first kappa shape index (κ1) is 26.6. The predicted molar refractivity (Wildman–Crippen MR) is 130 cm³/mol. The minimum Gasteiger partial charge on any atom is -0.388 e. The van der Waals surface area contributed by atoms with E-state index >= 15 is 0 Å². The van der Waals surface area contributed by atoms with E-state index in [0.29, 0.717) is 32.6 Å². The second-order valence-corrected chi connectivity index (χ2v) is 9.71. The lowest BCUT2D eigenvalue weighted by Crippen LogP contribution is -2.49. The summed E-state index contributed by atoms with van der Waals surface area (Å²) in [6, 6.07) is 11.4. The molecule has 2 atom stereocenters. The highest BCUT2D eigenvalue weighted by molar-refractivity contribution is 5.84. The molecule has 1 saturated heterocycles. The van der Waals surface area contributed by atoms with Gasteiger partial charge in [-0.25, -0.2) is 17.6 Å². The van der Waals surface area contributed by atoms with Crippen molar-refractivity contribution in [3.8, 4) is 0 Å². The lowest BCUT2D eigenvalue weighted by molar-refractivity contribution is -0.00635. The summed E-state index contributed by atoms with van der Waals surface area (Å²) in [5.41, 5.74) is 3.76. The van der Waals surface area contributed by atoms with Crippen molar-refractivity contribution in [3.05, 3.63) is 70.9 Å². The van der Waals surface area contributed by atoms with Crippen LogP contribution in [0.4, 0.5) is 22.0 Å². The number of H-pyrrole nitrogens is 1. The fourth-order valence-corrected chi connectivity index (χ4v) is 5.12. The van der Waals surface area contributed by atoms with Crippen LogP contribution in [0.1, 0.15) is 36.3 Å². The lowest BCUT2D eigenvalue weighted by atomic mass is 9.89. The van der Waals surface area contributed by atoms with Crippen LogP contribution < -0.4 is 0 Å². The van der Waals surface area contributed by atoms with Crippen molar-refractivity contribution in [1.29, 1.82) is 0 Å². The Bertz CT molecular complexity index is 1130. The molecule has 1 aromatic heterocycles. The van der Waals surface area contributed by atoms with Gasteiger partial charge in [-0.05, 0) is 49.1 Å². The van der Waals surface area contributed by atoms with Gasteiger partial charge in [0, 0.05) is 60.8 Å². The molecule has 0 amide bonds. The molecule has 4 nitrogen and oxygen atoms in total. The summed E-state index contributed by atoms with van der Waals surface area (Å²) in [4.78, 5) is 7.22. The Morgan fingerprint density at radius 2 is 1.78 bits per heavy atom. The topological polar surface area (TPSA) is 42.5 Å². The Hall–Kier alpha value is -2.49. The standard InChI is InChI=1S/C14H16F2N2.C13H16F3NO/c1-9-6-11-10-4-2-3-5-12(10)17-13(11)7-18(9)8-14(15)16;14-2-1-3-17-7-10(8-17)13(18)9-4-11(15)6-12(16)5-9/h2-5,9,14,17H,6-8H2,1H3;4-6,10,13,18H,1-3,7-8H2/t9-;/m1./s1. The summed E-state index contributed by atoms with van der Waals surface area (Å²) in [5.74, 6) is -1.40. The maximum atomic E-state index is 13.0. The zero-order chi connectivity index (χ0) is 25.8. The number of aliphatic hydroxyl groups is 1. The van der Waals surface area contributed by atoms with Gasteiger partial charge in [-0.3, -0.25) is 9.29 Å². The van der Waals surface area contributed by atoms with Crippen LogP contribution >= 0.6 is 0 Å². The lowest BCUT2D eigenvalue weighted by Gasteiger charge is -2.41. The number of alkyl halides is 3. The summed E-state index contributed by atoms with van der Waals surface area (Å²) in [6.07, 6.45) is -1.81. The van der Waals surface area contributed by atoms with E-state index in [1.165, 1.54) is 10.9 Å². The smallest absolute Gasteiger partial charge is 0.251 e. The molecule has 0 aliphatic carbocycles. The number of fused-ring (bicyclic) bond motifs is 3. The van der Waals surface area contributed by atoms with E-state index in [1.54, 1.807) is 0 Å². The molecule has 0 bridgehead atoms. The molecule has 3 aromatic rings. The first-order valence-electron chi connectivity index (χ1n) is 12.3. The molecule has 5 rings (SSSR count). The number of aromatic amines is 1. The number of rotatable bonds is 7. The largest absolute Gasteiger partial charge is 0.388 e. The van der Waals surface area contributed by atoms with Crippen molar-refractivity contribution in [2.75, 3.05) is 32.9 Å². The van der Waals surface area contributed by atoms with Gasteiger partial charge >= 0.3 is 0 Å². The Balaban J connectivity index is 0.000000169. The Kier molecular flexibility index (Phi) is 8.64. The molecule has 0 spiro atoms. The molecular formula is C27H32F5N3O. The number of likely N-dealkylation sites (tertiary alicyclic amines) is 1. The number of nitrogens with zero attached hydrogens (tertiary/aromatic N) is 2. The molecule has 2 aliphatic rings. The number of hydrogen-bond donors (Lipinski definition) is 2. The van der Waals surface area contributed by atoms with Crippen molar-refractivity contribution in [3.63, 3.8) is 0 Å². The Morgan fingerprint density at radius 3 is 2.44 bits per heavy atom. The maximum Gasteiger partial charge on any atom is 0.251 e. The minimum atomic E-state index is -2.27. The van der Waals surface area contributed by atoms with E-state index in [1.807, 2.05) is 34.9 Å². The highest BCUT2D eigenvalue weighted by Crippen LogP contribution is 2.31. The van der Waals surface area contributed by atoms with Crippen LogP contribution in [0.5, 0.6) is 0 Å². The average Bonchev–Trinajstić information content (AvgIpc) is 3.15. The third-order valence-electron chi connectivity index (χ3n) is 7.02. The van der Waals surface area contributed by atoms with Crippen LogP contribution in [0.25, 0.3) is 10.9 Å². The minimum absolute atomic E-state index is 0.0363. The van der Waals surface area contributed by atoms with Gasteiger partial charge in [0.1, 0.15) is 11.6 Å². The van der Waals surface area contributed by atoms with Gasteiger partial charge < -0.3 is 15.0 Å².